The Kier molecular flexibility index (Phi) is 9.89. The summed E-state index contributed by atoms with van der Waals surface area (Å²) in [5, 5.41) is 3.42. The molecule has 0 bridgehead atoms. The van der Waals surface area contributed by atoms with Crippen molar-refractivity contribution in [2.24, 2.45) is 4.99 Å². The Bertz CT molecular complexity index is 524. The number of rotatable bonds is 5. The molecule has 27 heavy (non-hydrogen) atoms. The third kappa shape index (κ3) is 6.62. The maximum Gasteiger partial charge on any atom is 0.251 e. The molecule has 2 heterocycles. The molecule has 0 spiro atoms. The van der Waals surface area contributed by atoms with Gasteiger partial charge >= 0.3 is 0 Å². The highest BCUT2D eigenvalue weighted by Crippen LogP contribution is 2.20. The van der Waals surface area contributed by atoms with E-state index >= 15 is 0 Å². The number of ether oxygens (including phenoxy) is 1. The first-order valence-corrected chi connectivity index (χ1v) is 10.4. The van der Waals surface area contributed by atoms with Gasteiger partial charge in [-0.15, -0.1) is 24.0 Å². The van der Waals surface area contributed by atoms with E-state index < -0.39 is 0 Å². The highest BCUT2D eigenvalue weighted by atomic mass is 127. The van der Waals surface area contributed by atoms with E-state index in [0.29, 0.717) is 0 Å². The number of carbonyl (C=O) groups is 1. The standard InChI is InChI=1S/C20H34N4O2.HI/c1-2-21-20(22-11-10-17-7-4-3-5-8-17)24-14-12-23(13-15-24)19(25)18-9-6-16-26-18;/h7,18H,2-6,8-16H2,1H3,(H,21,22);1H. The van der Waals surface area contributed by atoms with E-state index in [4.69, 9.17) is 9.73 Å². The monoisotopic (exact) mass is 490 g/mol. The maximum atomic E-state index is 12.5. The number of carbonyl (C=O) groups excluding carboxylic acids is 1. The van der Waals surface area contributed by atoms with Crippen LogP contribution in [0.15, 0.2) is 16.6 Å². The van der Waals surface area contributed by atoms with Crippen LogP contribution in [0.25, 0.3) is 0 Å². The summed E-state index contributed by atoms with van der Waals surface area (Å²) in [4.78, 5) is 21.6. The van der Waals surface area contributed by atoms with Gasteiger partial charge in [-0.2, -0.15) is 0 Å². The fourth-order valence-electron chi connectivity index (χ4n) is 3.98. The zero-order valence-corrected chi connectivity index (χ0v) is 19.0. The normalized spacial score (nSPS) is 23.7. The van der Waals surface area contributed by atoms with Gasteiger partial charge < -0.3 is 19.9 Å². The maximum absolute atomic E-state index is 12.5. The SMILES string of the molecule is CCNC(=NCCC1=CCCCC1)N1CCN(C(=O)C2CCCO2)CC1.I. The second-order valence-corrected chi connectivity index (χ2v) is 7.41. The van der Waals surface area contributed by atoms with Gasteiger partial charge in [-0.05, 0) is 51.9 Å². The molecule has 3 aliphatic rings. The number of hydrogen-bond donors (Lipinski definition) is 1. The second kappa shape index (κ2) is 11.9. The van der Waals surface area contributed by atoms with Crippen molar-refractivity contribution in [2.45, 2.75) is 58.0 Å². The fraction of sp³-hybridized carbons (Fsp3) is 0.800. The molecule has 7 heteroatoms. The molecule has 1 unspecified atom stereocenters. The van der Waals surface area contributed by atoms with E-state index in [1.807, 2.05) is 4.90 Å². The summed E-state index contributed by atoms with van der Waals surface area (Å²) in [6.07, 6.45) is 10.3. The molecule has 1 atom stereocenters. The molecular weight excluding hydrogens is 455 g/mol. The van der Waals surface area contributed by atoms with E-state index in [0.717, 1.165) is 71.1 Å². The Balaban J connectivity index is 0.00000261. The lowest BCUT2D eigenvalue weighted by molar-refractivity contribution is -0.142. The summed E-state index contributed by atoms with van der Waals surface area (Å²) in [6, 6.07) is 0. The molecule has 1 aliphatic carbocycles. The van der Waals surface area contributed by atoms with E-state index in [9.17, 15) is 4.79 Å². The molecule has 1 amide bonds. The predicted octanol–water partition coefficient (Wildman–Crippen LogP) is 2.78. The Labute approximate surface area is 180 Å². The number of piperazine rings is 1. The summed E-state index contributed by atoms with van der Waals surface area (Å²) in [7, 11) is 0. The molecule has 2 aliphatic heterocycles. The number of nitrogens with zero attached hydrogens (tertiary/aromatic N) is 3. The van der Waals surface area contributed by atoms with Gasteiger partial charge in [-0.25, -0.2) is 0 Å². The molecule has 0 aromatic carbocycles. The first kappa shape index (κ1) is 22.5. The van der Waals surface area contributed by atoms with Crippen LogP contribution in [0.3, 0.4) is 0 Å². The summed E-state index contributed by atoms with van der Waals surface area (Å²) >= 11 is 0. The van der Waals surface area contributed by atoms with Gasteiger partial charge in [-0.3, -0.25) is 9.79 Å². The Morgan fingerprint density at radius 2 is 2.00 bits per heavy atom. The zero-order chi connectivity index (χ0) is 18.2. The number of aliphatic imine (C=N–C) groups is 1. The summed E-state index contributed by atoms with van der Waals surface area (Å²) in [6.45, 7) is 7.75. The van der Waals surface area contributed by atoms with Crippen molar-refractivity contribution in [1.82, 2.24) is 15.1 Å². The lowest BCUT2D eigenvalue weighted by Gasteiger charge is -2.37. The van der Waals surface area contributed by atoms with Crippen molar-refractivity contribution in [3.63, 3.8) is 0 Å². The van der Waals surface area contributed by atoms with E-state index in [-0.39, 0.29) is 36.0 Å². The molecule has 0 saturated carbocycles. The van der Waals surface area contributed by atoms with Crippen molar-refractivity contribution >= 4 is 35.8 Å². The Hall–Kier alpha value is -0.830. The van der Waals surface area contributed by atoms with Crippen molar-refractivity contribution in [1.29, 1.82) is 0 Å². The molecule has 6 nitrogen and oxygen atoms in total. The lowest BCUT2D eigenvalue weighted by Crippen LogP contribution is -2.55. The number of allylic oxidation sites excluding steroid dienone is 1. The minimum absolute atomic E-state index is 0. The van der Waals surface area contributed by atoms with Crippen LogP contribution >= 0.6 is 24.0 Å². The second-order valence-electron chi connectivity index (χ2n) is 7.41. The third-order valence-corrected chi connectivity index (χ3v) is 5.51. The van der Waals surface area contributed by atoms with Crippen molar-refractivity contribution in [2.75, 3.05) is 45.9 Å². The van der Waals surface area contributed by atoms with Crippen molar-refractivity contribution < 1.29 is 9.53 Å². The topological polar surface area (TPSA) is 57.2 Å². The van der Waals surface area contributed by atoms with Gasteiger partial charge in [0, 0.05) is 45.9 Å². The largest absolute Gasteiger partial charge is 0.368 e. The smallest absolute Gasteiger partial charge is 0.251 e. The van der Waals surface area contributed by atoms with Gasteiger partial charge in [0.05, 0.1) is 0 Å². The van der Waals surface area contributed by atoms with Gasteiger partial charge in [0.1, 0.15) is 6.10 Å². The number of halogens is 1. The number of nitrogens with one attached hydrogen (secondary N) is 1. The molecule has 0 aromatic heterocycles. The molecule has 2 fully saturated rings. The van der Waals surface area contributed by atoms with Crippen LogP contribution in [0.2, 0.25) is 0 Å². The van der Waals surface area contributed by atoms with E-state index in [1.165, 1.54) is 25.7 Å². The van der Waals surface area contributed by atoms with Gasteiger partial charge in [0.25, 0.3) is 5.91 Å². The van der Waals surface area contributed by atoms with Gasteiger partial charge in [-0.1, -0.05) is 11.6 Å². The third-order valence-electron chi connectivity index (χ3n) is 5.51. The molecular formula is C20H35IN4O2. The number of hydrogen-bond acceptors (Lipinski definition) is 3. The summed E-state index contributed by atoms with van der Waals surface area (Å²) in [5.74, 6) is 1.17. The molecule has 0 aromatic rings. The lowest BCUT2D eigenvalue weighted by atomic mass is 9.97. The zero-order valence-electron chi connectivity index (χ0n) is 16.6. The van der Waals surface area contributed by atoms with Crippen LogP contribution < -0.4 is 5.32 Å². The number of amides is 1. The number of guanidine groups is 1. The highest BCUT2D eigenvalue weighted by molar-refractivity contribution is 14.0. The van der Waals surface area contributed by atoms with Crippen LogP contribution in [0.1, 0.15) is 51.9 Å². The summed E-state index contributed by atoms with van der Waals surface area (Å²) in [5.41, 5.74) is 1.57. The van der Waals surface area contributed by atoms with Crippen molar-refractivity contribution in [3.05, 3.63) is 11.6 Å². The first-order chi connectivity index (χ1) is 12.8. The Morgan fingerprint density at radius 3 is 2.63 bits per heavy atom. The van der Waals surface area contributed by atoms with Crippen LogP contribution in [0, 0.1) is 0 Å². The van der Waals surface area contributed by atoms with Crippen LogP contribution in [0.5, 0.6) is 0 Å². The first-order valence-electron chi connectivity index (χ1n) is 10.4. The molecule has 1 N–H and O–H groups in total. The average Bonchev–Trinajstić information content (AvgIpc) is 3.23. The van der Waals surface area contributed by atoms with Crippen LogP contribution in [-0.2, 0) is 9.53 Å². The fourth-order valence-corrected chi connectivity index (χ4v) is 3.98. The Morgan fingerprint density at radius 1 is 1.22 bits per heavy atom. The van der Waals surface area contributed by atoms with Gasteiger partial charge in [0.2, 0.25) is 0 Å². The average molecular weight is 490 g/mol. The highest BCUT2D eigenvalue weighted by Gasteiger charge is 2.30. The van der Waals surface area contributed by atoms with Gasteiger partial charge in [0.15, 0.2) is 5.96 Å². The molecule has 2 saturated heterocycles. The van der Waals surface area contributed by atoms with E-state index in [2.05, 4.69) is 23.2 Å². The van der Waals surface area contributed by atoms with Crippen LogP contribution in [0.4, 0.5) is 0 Å². The molecule has 154 valence electrons. The quantitative estimate of drug-likeness (QED) is 0.279. The predicted molar refractivity (Wildman–Crippen MR) is 120 cm³/mol. The van der Waals surface area contributed by atoms with E-state index in [1.54, 1.807) is 5.57 Å². The van der Waals surface area contributed by atoms with Crippen molar-refractivity contribution in [3.8, 4) is 0 Å². The minimum atomic E-state index is -0.202. The molecule has 0 radical (unpaired) electrons. The summed E-state index contributed by atoms with van der Waals surface area (Å²) < 4.78 is 5.55. The molecule has 3 rings (SSSR count). The van der Waals surface area contributed by atoms with Crippen LogP contribution in [-0.4, -0.2) is 73.6 Å². The minimum Gasteiger partial charge on any atom is -0.368 e.